The zero-order valence-electron chi connectivity index (χ0n) is 12.0. The standard InChI is InChI=1S/C18H16N2O2/c21-18(22-16-9-5-2-6-10-16)19-13-15-11-12-17(19)20(15)14-7-3-1-4-8-14/h1-12,15,17H,13H2. The molecule has 2 aliphatic rings. The van der Waals surface area contributed by atoms with Crippen LogP contribution in [0.5, 0.6) is 5.75 Å². The minimum Gasteiger partial charge on any atom is -0.410 e. The number of amides is 1. The number of hydrogen-bond donors (Lipinski definition) is 0. The van der Waals surface area contributed by atoms with Crippen molar-refractivity contribution in [3.8, 4) is 5.75 Å². The quantitative estimate of drug-likeness (QED) is 0.796. The van der Waals surface area contributed by atoms with Crippen LogP contribution in [-0.4, -0.2) is 29.7 Å². The molecule has 2 bridgehead atoms. The van der Waals surface area contributed by atoms with Crippen molar-refractivity contribution in [1.29, 1.82) is 0 Å². The highest BCUT2D eigenvalue weighted by molar-refractivity contribution is 5.74. The molecule has 2 unspecified atom stereocenters. The van der Waals surface area contributed by atoms with Crippen molar-refractivity contribution >= 4 is 11.8 Å². The highest BCUT2D eigenvalue weighted by Gasteiger charge is 2.44. The molecule has 22 heavy (non-hydrogen) atoms. The summed E-state index contributed by atoms with van der Waals surface area (Å²) >= 11 is 0. The number of anilines is 1. The Labute approximate surface area is 129 Å². The number of fused-ring (bicyclic) bond motifs is 2. The van der Waals surface area contributed by atoms with Gasteiger partial charge in [0, 0.05) is 5.69 Å². The molecule has 1 fully saturated rings. The van der Waals surface area contributed by atoms with Crippen molar-refractivity contribution in [3.05, 3.63) is 72.8 Å². The Bertz CT molecular complexity index is 700. The molecule has 2 atom stereocenters. The summed E-state index contributed by atoms with van der Waals surface area (Å²) in [6.45, 7) is 0.654. The van der Waals surface area contributed by atoms with Gasteiger partial charge >= 0.3 is 6.09 Å². The smallest absolute Gasteiger partial charge is 0.410 e. The molecule has 4 heteroatoms. The minimum absolute atomic E-state index is 0.0661. The first-order valence-electron chi connectivity index (χ1n) is 7.38. The summed E-state index contributed by atoms with van der Waals surface area (Å²) in [5, 5.41) is 0. The van der Waals surface area contributed by atoms with E-state index in [1.165, 1.54) is 0 Å². The van der Waals surface area contributed by atoms with Crippen molar-refractivity contribution in [2.45, 2.75) is 12.2 Å². The number of carbonyl (C=O) groups excluding carboxylic acids is 1. The molecule has 2 aromatic rings. The summed E-state index contributed by atoms with van der Waals surface area (Å²) in [6.07, 6.45) is 3.85. The lowest BCUT2D eigenvalue weighted by Gasteiger charge is -2.26. The molecule has 2 aliphatic heterocycles. The van der Waals surface area contributed by atoms with Crippen LogP contribution in [0.4, 0.5) is 10.5 Å². The van der Waals surface area contributed by atoms with Gasteiger partial charge in [-0.1, -0.05) is 42.5 Å². The van der Waals surface area contributed by atoms with E-state index >= 15 is 0 Å². The average molecular weight is 292 g/mol. The summed E-state index contributed by atoms with van der Waals surface area (Å²) in [5.74, 6) is 0.575. The molecular formula is C18H16N2O2. The Morgan fingerprint density at radius 1 is 0.955 bits per heavy atom. The fraction of sp³-hybridized carbons (Fsp3) is 0.167. The van der Waals surface area contributed by atoms with Gasteiger partial charge in [0.25, 0.3) is 0 Å². The molecular weight excluding hydrogens is 276 g/mol. The van der Waals surface area contributed by atoms with E-state index in [0.29, 0.717) is 12.3 Å². The van der Waals surface area contributed by atoms with Gasteiger partial charge in [-0.05, 0) is 30.3 Å². The first kappa shape index (κ1) is 13.0. The topological polar surface area (TPSA) is 32.8 Å². The predicted molar refractivity (Wildman–Crippen MR) is 84.8 cm³/mol. The van der Waals surface area contributed by atoms with Gasteiger partial charge in [0.1, 0.15) is 11.9 Å². The summed E-state index contributed by atoms with van der Waals surface area (Å²) < 4.78 is 5.46. The van der Waals surface area contributed by atoms with Crippen LogP contribution in [0.15, 0.2) is 72.8 Å². The van der Waals surface area contributed by atoms with E-state index in [9.17, 15) is 4.79 Å². The van der Waals surface area contributed by atoms with E-state index in [1.807, 2.05) is 36.4 Å². The van der Waals surface area contributed by atoms with E-state index in [0.717, 1.165) is 5.69 Å². The molecule has 1 amide bonds. The Hall–Kier alpha value is -2.75. The second kappa shape index (κ2) is 5.22. The van der Waals surface area contributed by atoms with E-state index in [2.05, 4.69) is 29.2 Å². The molecule has 0 aromatic heterocycles. The van der Waals surface area contributed by atoms with Crippen LogP contribution in [0.2, 0.25) is 0 Å². The minimum atomic E-state index is -0.302. The lowest BCUT2D eigenvalue weighted by Crippen LogP contribution is -2.41. The van der Waals surface area contributed by atoms with E-state index in [1.54, 1.807) is 17.0 Å². The predicted octanol–water partition coefficient (Wildman–Crippen LogP) is 3.27. The summed E-state index contributed by atoms with van der Waals surface area (Å²) in [7, 11) is 0. The fourth-order valence-electron chi connectivity index (χ4n) is 3.10. The van der Waals surface area contributed by atoms with Crippen LogP contribution in [-0.2, 0) is 0 Å². The second-order valence-electron chi connectivity index (χ2n) is 5.44. The first-order chi connectivity index (χ1) is 10.8. The van der Waals surface area contributed by atoms with Crippen LogP contribution in [0.25, 0.3) is 0 Å². The zero-order valence-corrected chi connectivity index (χ0v) is 12.0. The number of nitrogens with zero attached hydrogens (tertiary/aromatic N) is 2. The van der Waals surface area contributed by atoms with E-state index in [-0.39, 0.29) is 18.3 Å². The van der Waals surface area contributed by atoms with Crippen molar-refractivity contribution in [2.75, 3.05) is 11.4 Å². The number of rotatable bonds is 2. The van der Waals surface area contributed by atoms with E-state index < -0.39 is 0 Å². The molecule has 0 radical (unpaired) electrons. The molecule has 1 saturated heterocycles. The number of carbonyl (C=O) groups is 1. The lowest BCUT2D eigenvalue weighted by atomic mass is 10.2. The normalized spacial score (nSPS) is 22.2. The third-order valence-corrected chi connectivity index (χ3v) is 4.09. The molecule has 0 N–H and O–H groups in total. The first-order valence-corrected chi connectivity index (χ1v) is 7.38. The second-order valence-corrected chi connectivity index (χ2v) is 5.44. The van der Waals surface area contributed by atoms with Crippen molar-refractivity contribution < 1.29 is 9.53 Å². The SMILES string of the molecule is O=C(Oc1ccccc1)N1CC2C=CC1N2c1ccccc1. The van der Waals surface area contributed by atoms with Gasteiger partial charge in [-0.3, -0.25) is 4.90 Å². The van der Waals surface area contributed by atoms with Gasteiger partial charge in [-0.25, -0.2) is 4.79 Å². The number of ether oxygens (including phenoxy) is 1. The Morgan fingerprint density at radius 2 is 1.64 bits per heavy atom. The maximum absolute atomic E-state index is 12.4. The lowest BCUT2D eigenvalue weighted by molar-refractivity contribution is 0.153. The fourth-order valence-corrected chi connectivity index (χ4v) is 3.10. The maximum atomic E-state index is 12.4. The molecule has 4 nitrogen and oxygen atoms in total. The molecule has 110 valence electrons. The Kier molecular flexibility index (Phi) is 3.07. The number of para-hydroxylation sites is 2. The molecule has 0 spiro atoms. The van der Waals surface area contributed by atoms with Gasteiger partial charge in [-0.15, -0.1) is 0 Å². The van der Waals surface area contributed by atoms with Gasteiger partial charge in [0.05, 0.1) is 12.6 Å². The average Bonchev–Trinajstić information content (AvgIpc) is 3.14. The van der Waals surface area contributed by atoms with Gasteiger partial charge in [0.15, 0.2) is 0 Å². The van der Waals surface area contributed by atoms with Crippen molar-refractivity contribution in [1.82, 2.24) is 4.90 Å². The van der Waals surface area contributed by atoms with Crippen LogP contribution >= 0.6 is 0 Å². The number of benzene rings is 2. The Morgan fingerprint density at radius 3 is 2.36 bits per heavy atom. The van der Waals surface area contributed by atoms with Crippen LogP contribution in [0.1, 0.15) is 0 Å². The molecule has 4 rings (SSSR count). The molecule has 2 aromatic carbocycles. The largest absolute Gasteiger partial charge is 0.417 e. The third-order valence-electron chi connectivity index (χ3n) is 4.09. The van der Waals surface area contributed by atoms with Crippen LogP contribution in [0, 0.1) is 0 Å². The van der Waals surface area contributed by atoms with Gasteiger partial charge < -0.3 is 9.64 Å². The molecule has 0 saturated carbocycles. The van der Waals surface area contributed by atoms with Crippen LogP contribution in [0.3, 0.4) is 0 Å². The third kappa shape index (κ3) is 2.13. The monoisotopic (exact) mass is 292 g/mol. The van der Waals surface area contributed by atoms with Gasteiger partial charge in [0.2, 0.25) is 0 Å². The van der Waals surface area contributed by atoms with E-state index in [4.69, 9.17) is 4.74 Å². The number of hydrogen-bond acceptors (Lipinski definition) is 3. The van der Waals surface area contributed by atoms with Crippen molar-refractivity contribution in [3.63, 3.8) is 0 Å². The molecule has 0 aliphatic carbocycles. The summed E-state index contributed by atoms with van der Waals surface area (Å²) in [5.41, 5.74) is 1.12. The summed E-state index contributed by atoms with van der Waals surface area (Å²) in [6, 6.07) is 19.6. The maximum Gasteiger partial charge on any atom is 0.417 e. The highest BCUT2D eigenvalue weighted by atomic mass is 16.6. The molecule has 2 heterocycles. The van der Waals surface area contributed by atoms with Crippen LogP contribution < -0.4 is 9.64 Å². The zero-order chi connectivity index (χ0) is 14.9. The van der Waals surface area contributed by atoms with Crippen molar-refractivity contribution in [2.24, 2.45) is 0 Å². The Balaban J connectivity index is 1.53. The van der Waals surface area contributed by atoms with Gasteiger partial charge in [-0.2, -0.15) is 0 Å². The highest BCUT2D eigenvalue weighted by Crippen LogP contribution is 2.34. The summed E-state index contributed by atoms with van der Waals surface area (Å²) in [4.78, 5) is 16.4.